The van der Waals surface area contributed by atoms with Crippen LogP contribution in [0.5, 0.6) is 0 Å². The molecule has 0 saturated carbocycles. The molecule has 1 saturated heterocycles. The van der Waals surface area contributed by atoms with E-state index in [2.05, 4.69) is 31.5 Å². The van der Waals surface area contributed by atoms with Crippen molar-refractivity contribution in [2.24, 2.45) is 18.4 Å². The molecule has 1 aliphatic rings. The number of Topliss-reactive ketones (excluding diaryl/α,β-unsaturated/α-hetero) is 1. The summed E-state index contributed by atoms with van der Waals surface area (Å²) >= 11 is 0. The van der Waals surface area contributed by atoms with E-state index in [4.69, 9.17) is 0 Å². The van der Waals surface area contributed by atoms with Gasteiger partial charge in [-0.05, 0) is 72.0 Å². The fourth-order valence-electron chi connectivity index (χ4n) is 4.70. The molecule has 0 bridgehead atoms. The van der Waals surface area contributed by atoms with Crippen LogP contribution in [0.15, 0.2) is 48.5 Å². The standard InChI is InChI=1S/C26H32FN7O2/c1-26(2,15-17-9-11-20(27)12-10-17)23(35)22(19-7-5-13-28-16-19)30-25(36)29-21-8-4-6-18(14-21)24-31-32-33-34(24)3/h4,6,8-12,14,19,22,28H,5,7,13,15-16H2,1-3H3,(H2,29,30,36). The number of ketones is 1. The van der Waals surface area contributed by atoms with E-state index in [1.165, 1.54) is 12.1 Å². The summed E-state index contributed by atoms with van der Waals surface area (Å²) in [6, 6.07) is 12.3. The highest BCUT2D eigenvalue weighted by atomic mass is 19.1. The van der Waals surface area contributed by atoms with E-state index in [0.29, 0.717) is 24.5 Å². The number of nitrogens with zero attached hydrogens (tertiary/aromatic N) is 4. The molecule has 36 heavy (non-hydrogen) atoms. The van der Waals surface area contributed by atoms with E-state index in [9.17, 15) is 14.0 Å². The van der Waals surface area contributed by atoms with E-state index in [-0.39, 0.29) is 17.5 Å². The van der Waals surface area contributed by atoms with Gasteiger partial charge in [-0.3, -0.25) is 4.79 Å². The van der Waals surface area contributed by atoms with Gasteiger partial charge in [0.2, 0.25) is 0 Å². The largest absolute Gasteiger partial charge is 0.328 e. The zero-order valence-electron chi connectivity index (χ0n) is 20.8. The predicted molar refractivity (Wildman–Crippen MR) is 135 cm³/mol. The number of hydrogen-bond acceptors (Lipinski definition) is 6. The first-order valence-electron chi connectivity index (χ1n) is 12.1. The van der Waals surface area contributed by atoms with Crippen molar-refractivity contribution >= 4 is 17.5 Å². The van der Waals surface area contributed by atoms with Gasteiger partial charge in [0.25, 0.3) is 0 Å². The molecule has 2 amide bonds. The summed E-state index contributed by atoms with van der Waals surface area (Å²) in [5.41, 5.74) is 1.43. The molecular formula is C26H32FN7O2. The number of amides is 2. The maximum absolute atomic E-state index is 13.8. The fourth-order valence-corrected chi connectivity index (χ4v) is 4.70. The van der Waals surface area contributed by atoms with Crippen molar-refractivity contribution in [3.05, 3.63) is 59.9 Å². The SMILES string of the molecule is Cn1nnnc1-c1cccc(NC(=O)NC(C(=O)C(C)(C)Cc2ccc(F)cc2)C2CCCNC2)c1. The Morgan fingerprint density at radius 3 is 2.67 bits per heavy atom. The normalized spacial score (nSPS) is 16.8. The minimum Gasteiger partial charge on any atom is -0.328 e. The molecule has 4 rings (SSSR count). The number of aromatic nitrogens is 4. The highest BCUT2D eigenvalue weighted by molar-refractivity contribution is 5.96. The number of tetrazole rings is 1. The third-order valence-electron chi connectivity index (χ3n) is 6.60. The maximum atomic E-state index is 13.8. The molecule has 2 heterocycles. The van der Waals surface area contributed by atoms with Gasteiger partial charge < -0.3 is 16.0 Å². The van der Waals surface area contributed by atoms with Gasteiger partial charge in [0.1, 0.15) is 5.82 Å². The van der Waals surface area contributed by atoms with E-state index in [1.54, 1.807) is 42.1 Å². The Kier molecular flexibility index (Phi) is 7.73. The Morgan fingerprint density at radius 1 is 1.22 bits per heavy atom. The second-order valence-electron chi connectivity index (χ2n) is 9.94. The summed E-state index contributed by atoms with van der Waals surface area (Å²) in [5, 5.41) is 20.7. The van der Waals surface area contributed by atoms with Gasteiger partial charge in [-0.2, -0.15) is 0 Å². The molecule has 0 spiro atoms. The maximum Gasteiger partial charge on any atom is 0.319 e. The molecule has 1 aliphatic heterocycles. The molecule has 2 aromatic carbocycles. The first-order chi connectivity index (χ1) is 17.2. The lowest BCUT2D eigenvalue weighted by Gasteiger charge is -2.35. The van der Waals surface area contributed by atoms with Gasteiger partial charge in [-0.15, -0.1) is 5.10 Å². The number of carbonyl (C=O) groups is 2. The van der Waals surface area contributed by atoms with Crippen molar-refractivity contribution in [3.8, 4) is 11.4 Å². The number of anilines is 1. The highest BCUT2D eigenvalue weighted by Crippen LogP contribution is 2.29. The minimum atomic E-state index is -0.759. The van der Waals surface area contributed by atoms with Crippen LogP contribution in [-0.2, 0) is 18.3 Å². The van der Waals surface area contributed by atoms with Gasteiger partial charge in [0.05, 0.1) is 6.04 Å². The molecule has 2 unspecified atom stereocenters. The van der Waals surface area contributed by atoms with E-state index < -0.39 is 17.5 Å². The van der Waals surface area contributed by atoms with Crippen LogP contribution in [-0.4, -0.2) is 51.2 Å². The van der Waals surface area contributed by atoms with Crippen LogP contribution in [0, 0.1) is 17.2 Å². The lowest BCUT2D eigenvalue weighted by atomic mass is 9.74. The van der Waals surface area contributed by atoms with Gasteiger partial charge in [0.15, 0.2) is 11.6 Å². The number of piperidine rings is 1. The molecule has 1 fully saturated rings. The van der Waals surface area contributed by atoms with Crippen molar-refractivity contribution in [1.82, 2.24) is 30.8 Å². The average Bonchev–Trinajstić information content (AvgIpc) is 3.30. The number of halogens is 1. The monoisotopic (exact) mass is 493 g/mol. The van der Waals surface area contributed by atoms with Gasteiger partial charge in [-0.25, -0.2) is 13.9 Å². The summed E-state index contributed by atoms with van der Waals surface area (Å²) in [7, 11) is 1.74. The Balaban J connectivity index is 1.50. The Hall–Kier alpha value is -3.66. The van der Waals surface area contributed by atoms with Crippen LogP contribution in [0.2, 0.25) is 0 Å². The summed E-state index contributed by atoms with van der Waals surface area (Å²) in [6.45, 7) is 5.30. The summed E-state index contributed by atoms with van der Waals surface area (Å²) in [6.07, 6.45) is 2.22. The van der Waals surface area contributed by atoms with Crippen LogP contribution in [0.25, 0.3) is 11.4 Å². The zero-order valence-corrected chi connectivity index (χ0v) is 20.8. The number of rotatable bonds is 8. The molecule has 190 valence electrons. The van der Waals surface area contributed by atoms with Crippen molar-refractivity contribution in [2.45, 2.75) is 39.2 Å². The number of aryl methyl sites for hydroxylation is 1. The fraction of sp³-hybridized carbons (Fsp3) is 0.423. The van der Waals surface area contributed by atoms with Gasteiger partial charge >= 0.3 is 6.03 Å². The van der Waals surface area contributed by atoms with Crippen LogP contribution in [0.3, 0.4) is 0 Å². The lowest BCUT2D eigenvalue weighted by Crippen LogP contribution is -2.55. The Morgan fingerprint density at radius 2 is 2.00 bits per heavy atom. The predicted octanol–water partition coefficient (Wildman–Crippen LogP) is 3.34. The first kappa shape index (κ1) is 25.4. The molecule has 1 aromatic heterocycles. The van der Waals surface area contributed by atoms with Gasteiger partial charge in [-0.1, -0.05) is 38.1 Å². The van der Waals surface area contributed by atoms with Crippen LogP contribution < -0.4 is 16.0 Å². The van der Waals surface area contributed by atoms with Crippen LogP contribution in [0.1, 0.15) is 32.3 Å². The molecule has 0 radical (unpaired) electrons. The average molecular weight is 494 g/mol. The smallest absolute Gasteiger partial charge is 0.319 e. The second-order valence-corrected chi connectivity index (χ2v) is 9.94. The van der Waals surface area contributed by atoms with Crippen molar-refractivity contribution < 1.29 is 14.0 Å². The zero-order chi connectivity index (χ0) is 25.7. The lowest BCUT2D eigenvalue weighted by molar-refractivity contribution is -0.130. The molecule has 3 N–H and O–H groups in total. The third kappa shape index (κ3) is 6.12. The van der Waals surface area contributed by atoms with E-state index in [1.807, 2.05) is 19.9 Å². The molecule has 9 nitrogen and oxygen atoms in total. The molecule has 2 atom stereocenters. The number of hydrogen-bond donors (Lipinski definition) is 3. The van der Waals surface area contributed by atoms with Crippen LogP contribution in [0.4, 0.5) is 14.9 Å². The topological polar surface area (TPSA) is 114 Å². The number of benzene rings is 2. The van der Waals surface area contributed by atoms with Crippen molar-refractivity contribution in [3.63, 3.8) is 0 Å². The van der Waals surface area contributed by atoms with E-state index in [0.717, 1.165) is 30.5 Å². The Labute approximate surface area is 209 Å². The first-order valence-corrected chi connectivity index (χ1v) is 12.1. The van der Waals surface area contributed by atoms with Gasteiger partial charge in [0, 0.05) is 30.3 Å². The summed E-state index contributed by atoms with van der Waals surface area (Å²) < 4.78 is 14.9. The van der Waals surface area contributed by atoms with Crippen molar-refractivity contribution in [1.29, 1.82) is 0 Å². The minimum absolute atomic E-state index is 0.0273. The molecule has 0 aliphatic carbocycles. The Bertz CT molecular complexity index is 1200. The molecule has 3 aromatic rings. The van der Waals surface area contributed by atoms with Crippen LogP contribution >= 0.6 is 0 Å². The number of carbonyl (C=O) groups excluding carboxylic acids is 2. The van der Waals surface area contributed by atoms with Crippen molar-refractivity contribution in [2.75, 3.05) is 18.4 Å². The summed E-state index contributed by atoms with van der Waals surface area (Å²) in [5.74, 6) is 0.185. The highest BCUT2D eigenvalue weighted by Gasteiger charge is 2.39. The third-order valence-corrected chi connectivity index (χ3v) is 6.60. The summed E-state index contributed by atoms with van der Waals surface area (Å²) in [4.78, 5) is 26.9. The number of nitrogens with one attached hydrogen (secondary N) is 3. The second kappa shape index (κ2) is 10.9. The molecular weight excluding hydrogens is 461 g/mol. The quantitative estimate of drug-likeness (QED) is 0.444. The molecule has 10 heteroatoms. The van der Waals surface area contributed by atoms with E-state index >= 15 is 0 Å². The number of urea groups is 1.